The van der Waals surface area contributed by atoms with Crippen molar-refractivity contribution in [3.63, 3.8) is 0 Å². The van der Waals surface area contributed by atoms with Gasteiger partial charge in [0.2, 0.25) is 5.82 Å². The molecular formula is C31H45F2NO3. The molecule has 0 atom stereocenters. The number of halogens is 2. The van der Waals surface area contributed by atoms with Crippen molar-refractivity contribution in [1.29, 1.82) is 0 Å². The number of pyridine rings is 1. The summed E-state index contributed by atoms with van der Waals surface area (Å²) in [6.45, 7) is 6.09. The van der Waals surface area contributed by atoms with Gasteiger partial charge in [-0.25, -0.2) is 4.39 Å². The zero-order chi connectivity index (χ0) is 26.3. The van der Waals surface area contributed by atoms with Crippen molar-refractivity contribution in [2.45, 2.75) is 104 Å². The van der Waals surface area contributed by atoms with Gasteiger partial charge in [-0.3, -0.25) is 4.98 Å². The summed E-state index contributed by atoms with van der Waals surface area (Å²) in [5, 5.41) is 0. The fraction of sp³-hybridized carbons (Fsp3) is 0.645. The average molecular weight is 518 g/mol. The van der Waals surface area contributed by atoms with Crippen LogP contribution in [0.2, 0.25) is 0 Å². The van der Waals surface area contributed by atoms with Gasteiger partial charge in [0.05, 0.1) is 25.5 Å². The fourth-order valence-electron chi connectivity index (χ4n) is 4.73. The van der Waals surface area contributed by atoms with Crippen molar-refractivity contribution in [1.82, 2.24) is 4.98 Å². The molecule has 0 saturated carbocycles. The molecule has 0 N–H and O–H groups in total. The van der Waals surface area contributed by atoms with E-state index in [0.29, 0.717) is 31.4 Å². The molecule has 0 radical (unpaired) electrons. The Balaban J connectivity index is 1.42. The van der Waals surface area contributed by atoms with E-state index in [2.05, 4.69) is 18.8 Å². The predicted octanol–water partition coefficient (Wildman–Crippen LogP) is 9.18. The van der Waals surface area contributed by atoms with Gasteiger partial charge in [0.15, 0.2) is 17.9 Å². The van der Waals surface area contributed by atoms with Crippen molar-refractivity contribution in [3.05, 3.63) is 47.7 Å². The quantitative estimate of drug-likeness (QED) is 0.196. The summed E-state index contributed by atoms with van der Waals surface area (Å²) in [7, 11) is 0. The molecule has 0 aliphatic carbocycles. The highest BCUT2D eigenvalue weighted by Gasteiger charge is 2.24. The van der Waals surface area contributed by atoms with Gasteiger partial charge in [0, 0.05) is 23.2 Å². The van der Waals surface area contributed by atoms with Gasteiger partial charge in [-0.15, -0.1) is 0 Å². The van der Waals surface area contributed by atoms with Gasteiger partial charge in [-0.2, -0.15) is 4.39 Å². The minimum absolute atomic E-state index is 0.0556. The van der Waals surface area contributed by atoms with Gasteiger partial charge in [0.1, 0.15) is 0 Å². The van der Waals surface area contributed by atoms with Crippen LogP contribution >= 0.6 is 0 Å². The molecule has 0 bridgehead atoms. The summed E-state index contributed by atoms with van der Waals surface area (Å²) in [5.74, 6) is -1.55. The molecule has 0 unspecified atom stereocenters. The molecule has 1 saturated heterocycles. The van der Waals surface area contributed by atoms with Crippen LogP contribution in [0.1, 0.15) is 109 Å². The second-order valence-corrected chi connectivity index (χ2v) is 10.3. The molecule has 1 aliphatic heterocycles. The minimum Gasteiger partial charge on any atom is -0.490 e. The van der Waals surface area contributed by atoms with Gasteiger partial charge < -0.3 is 14.2 Å². The number of rotatable bonds is 17. The van der Waals surface area contributed by atoms with Crippen LogP contribution < -0.4 is 4.74 Å². The van der Waals surface area contributed by atoms with Crippen molar-refractivity contribution < 1.29 is 23.0 Å². The molecule has 4 nitrogen and oxygen atoms in total. The zero-order valence-electron chi connectivity index (χ0n) is 22.8. The third-order valence-corrected chi connectivity index (χ3v) is 7.07. The largest absolute Gasteiger partial charge is 0.490 e. The smallest absolute Gasteiger partial charge is 0.201 e. The number of unbranched alkanes of at least 4 members (excludes halogenated alkanes) is 10. The topological polar surface area (TPSA) is 40.6 Å². The third-order valence-electron chi connectivity index (χ3n) is 7.07. The van der Waals surface area contributed by atoms with Crippen LogP contribution in [0.3, 0.4) is 0 Å². The minimum atomic E-state index is -0.972. The highest BCUT2D eigenvalue weighted by Crippen LogP contribution is 2.31. The number of nitrogens with zero attached hydrogens (tertiary/aromatic N) is 1. The van der Waals surface area contributed by atoms with Crippen molar-refractivity contribution in [3.8, 4) is 17.0 Å². The Hall–Kier alpha value is -2.05. The SMILES string of the molecule is CCCCCCCCCC[C@H]1CO[C@H](c2ccc(-c3ccc(OCCCCCC)c(F)c3F)nc2)OC1. The van der Waals surface area contributed by atoms with E-state index in [1.54, 1.807) is 18.3 Å². The standard InChI is InChI=1S/C31H45F2NO3/c1-3-5-7-9-10-11-12-13-15-24-22-36-31(37-23-24)25-16-18-27(34-21-25)26-17-19-28(30(33)29(26)32)35-20-14-8-6-4-2/h16-19,21,24,31H,3-15,20,22-23H2,1-2H3/t24-,31-. The maximum absolute atomic E-state index is 14.8. The van der Waals surface area contributed by atoms with Crippen molar-refractivity contribution in [2.24, 2.45) is 5.92 Å². The molecule has 3 rings (SSSR count). The average Bonchev–Trinajstić information content (AvgIpc) is 2.93. The molecule has 1 fully saturated rings. The van der Waals surface area contributed by atoms with Crippen LogP contribution in [0, 0.1) is 17.6 Å². The Kier molecular flexibility index (Phi) is 13.3. The number of hydrogen-bond donors (Lipinski definition) is 0. The van der Waals surface area contributed by atoms with Crippen molar-refractivity contribution in [2.75, 3.05) is 19.8 Å². The van der Waals surface area contributed by atoms with Crippen LogP contribution in [0.5, 0.6) is 5.75 Å². The van der Waals surface area contributed by atoms with Crippen LogP contribution in [0.25, 0.3) is 11.3 Å². The molecule has 2 aromatic rings. The molecule has 2 heterocycles. The predicted molar refractivity (Wildman–Crippen MR) is 145 cm³/mol. The lowest BCUT2D eigenvalue weighted by atomic mass is 10.0. The number of hydrogen-bond acceptors (Lipinski definition) is 4. The summed E-state index contributed by atoms with van der Waals surface area (Å²) < 4.78 is 46.7. The lowest BCUT2D eigenvalue weighted by Crippen LogP contribution is -2.27. The lowest BCUT2D eigenvalue weighted by molar-refractivity contribution is -0.206. The summed E-state index contributed by atoms with van der Waals surface area (Å²) in [4.78, 5) is 4.36. The van der Waals surface area contributed by atoms with E-state index in [4.69, 9.17) is 14.2 Å². The van der Waals surface area contributed by atoms with E-state index >= 15 is 0 Å². The highest BCUT2D eigenvalue weighted by molar-refractivity contribution is 5.61. The Morgan fingerprint density at radius 2 is 1.43 bits per heavy atom. The Bertz CT molecular complexity index is 898. The number of aromatic nitrogens is 1. The van der Waals surface area contributed by atoms with Crippen molar-refractivity contribution >= 4 is 0 Å². The van der Waals surface area contributed by atoms with E-state index in [0.717, 1.165) is 37.7 Å². The van der Waals surface area contributed by atoms with E-state index < -0.39 is 17.9 Å². The first-order valence-electron chi connectivity index (χ1n) is 14.4. The maximum atomic E-state index is 14.8. The van der Waals surface area contributed by atoms with Crippen LogP contribution in [0.4, 0.5) is 8.78 Å². The van der Waals surface area contributed by atoms with Crippen LogP contribution in [0.15, 0.2) is 30.5 Å². The Labute approximate surface area is 222 Å². The molecular weight excluding hydrogens is 472 g/mol. The Morgan fingerprint density at radius 1 is 0.784 bits per heavy atom. The molecule has 37 heavy (non-hydrogen) atoms. The van der Waals surface area contributed by atoms with Crippen LogP contribution in [-0.2, 0) is 9.47 Å². The second kappa shape index (κ2) is 16.7. The van der Waals surface area contributed by atoms with Gasteiger partial charge in [-0.1, -0.05) is 90.5 Å². The van der Waals surface area contributed by atoms with Gasteiger partial charge in [-0.05, 0) is 31.0 Å². The maximum Gasteiger partial charge on any atom is 0.201 e. The fourth-order valence-corrected chi connectivity index (χ4v) is 4.73. The first-order chi connectivity index (χ1) is 18.1. The first kappa shape index (κ1) is 29.5. The molecule has 1 aliphatic rings. The van der Waals surface area contributed by atoms with Crippen LogP contribution in [-0.4, -0.2) is 24.8 Å². The van der Waals surface area contributed by atoms with Gasteiger partial charge in [0.25, 0.3) is 0 Å². The summed E-state index contributed by atoms with van der Waals surface area (Å²) in [5.41, 5.74) is 1.25. The summed E-state index contributed by atoms with van der Waals surface area (Å²) in [6.07, 6.45) is 16.9. The second-order valence-electron chi connectivity index (χ2n) is 10.3. The van der Waals surface area contributed by atoms with E-state index in [9.17, 15) is 8.78 Å². The third kappa shape index (κ3) is 9.64. The molecule has 1 aromatic carbocycles. The first-order valence-corrected chi connectivity index (χ1v) is 14.4. The van der Waals surface area contributed by atoms with E-state index in [-0.39, 0.29) is 11.3 Å². The zero-order valence-corrected chi connectivity index (χ0v) is 22.8. The summed E-state index contributed by atoms with van der Waals surface area (Å²) in [6, 6.07) is 6.48. The highest BCUT2D eigenvalue weighted by atomic mass is 19.2. The summed E-state index contributed by atoms with van der Waals surface area (Å²) >= 11 is 0. The van der Waals surface area contributed by atoms with E-state index in [1.165, 1.54) is 63.5 Å². The number of benzene rings is 1. The molecule has 1 aromatic heterocycles. The number of ether oxygens (including phenoxy) is 3. The monoisotopic (exact) mass is 517 g/mol. The van der Waals surface area contributed by atoms with E-state index in [1.807, 2.05) is 0 Å². The molecule has 6 heteroatoms. The Morgan fingerprint density at radius 3 is 2.08 bits per heavy atom. The molecule has 0 amide bonds. The molecule has 206 valence electrons. The van der Waals surface area contributed by atoms with Gasteiger partial charge >= 0.3 is 0 Å². The molecule has 0 spiro atoms. The normalized spacial score (nSPS) is 17.7. The lowest BCUT2D eigenvalue weighted by Gasteiger charge is -2.29.